The molecule has 0 amide bonds. The molecule has 0 heterocycles. The van der Waals surface area contributed by atoms with Gasteiger partial charge in [0.05, 0.1) is 5.75 Å². The summed E-state index contributed by atoms with van der Waals surface area (Å²) in [6.07, 6.45) is 7.88. The fourth-order valence-electron chi connectivity index (χ4n) is 2.80. The van der Waals surface area contributed by atoms with Crippen molar-refractivity contribution in [2.75, 3.05) is 18.6 Å². The molecule has 0 aromatic carbocycles. The van der Waals surface area contributed by atoms with Crippen LogP contribution in [0.1, 0.15) is 58.3 Å². The van der Waals surface area contributed by atoms with Crippen LogP contribution >= 0.6 is 0 Å². The lowest BCUT2D eigenvalue weighted by Crippen LogP contribution is -2.41. The van der Waals surface area contributed by atoms with Crippen LogP contribution in [0.4, 0.5) is 0 Å². The summed E-state index contributed by atoms with van der Waals surface area (Å²) in [5.74, 6) is 0.181. The second kappa shape index (κ2) is 7.39. The van der Waals surface area contributed by atoms with E-state index in [1.54, 1.807) is 0 Å². The van der Waals surface area contributed by atoms with Crippen molar-refractivity contribution in [1.82, 2.24) is 0 Å². The van der Waals surface area contributed by atoms with Crippen LogP contribution in [0.2, 0.25) is 0 Å². The molecule has 112 valence electrons. The predicted molar refractivity (Wildman–Crippen MR) is 76.0 cm³/mol. The SMILES string of the molecule is CCOC1(C(=O)CCCS(C)(=O)=O)CCCCCC1. The monoisotopic (exact) mass is 290 g/mol. The van der Waals surface area contributed by atoms with Crippen LogP contribution in [0.15, 0.2) is 0 Å². The lowest BCUT2D eigenvalue weighted by molar-refractivity contribution is -0.146. The molecule has 0 radical (unpaired) electrons. The lowest BCUT2D eigenvalue weighted by Gasteiger charge is -2.31. The van der Waals surface area contributed by atoms with Crippen molar-refractivity contribution in [2.24, 2.45) is 0 Å². The molecular weight excluding hydrogens is 264 g/mol. The Morgan fingerprint density at radius 3 is 2.21 bits per heavy atom. The molecule has 1 saturated carbocycles. The highest BCUT2D eigenvalue weighted by atomic mass is 32.2. The zero-order valence-corrected chi connectivity index (χ0v) is 12.9. The molecular formula is C14H26O4S. The summed E-state index contributed by atoms with van der Waals surface area (Å²) in [6, 6.07) is 0. The third-order valence-corrected chi connectivity index (χ3v) is 4.79. The normalized spacial score (nSPS) is 19.9. The van der Waals surface area contributed by atoms with Crippen molar-refractivity contribution < 1.29 is 17.9 Å². The van der Waals surface area contributed by atoms with Gasteiger partial charge >= 0.3 is 0 Å². The summed E-state index contributed by atoms with van der Waals surface area (Å²) >= 11 is 0. The Bertz CT molecular complexity index is 378. The fourth-order valence-corrected chi connectivity index (χ4v) is 3.47. The molecule has 0 bridgehead atoms. The lowest BCUT2D eigenvalue weighted by atomic mass is 9.87. The van der Waals surface area contributed by atoms with Gasteiger partial charge in [-0.2, -0.15) is 0 Å². The zero-order chi connectivity index (χ0) is 14.4. The smallest absolute Gasteiger partial charge is 0.164 e. The number of rotatable bonds is 7. The van der Waals surface area contributed by atoms with Gasteiger partial charge in [-0.05, 0) is 26.2 Å². The number of hydrogen-bond donors (Lipinski definition) is 0. The van der Waals surface area contributed by atoms with E-state index in [4.69, 9.17) is 4.74 Å². The minimum absolute atomic E-state index is 0.0843. The highest BCUT2D eigenvalue weighted by molar-refractivity contribution is 7.90. The molecule has 1 fully saturated rings. The van der Waals surface area contributed by atoms with Crippen molar-refractivity contribution in [3.63, 3.8) is 0 Å². The molecule has 19 heavy (non-hydrogen) atoms. The molecule has 1 rings (SSSR count). The van der Waals surface area contributed by atoms with Crippen molar-refractivity contribution in [1.29, 1.82) is 0 Å². The molecule has 0 aliphatic heterocycles. The van der Waals surface area contributed by atoms with Crippen molar-refractivity contribution in [2.45, 2.75) is 63.9 Å². The van der Waals surface area contributed by atoms with E-state index in [0.29, 0.717) is 19.4 Å². The number of sulfone groups is 1. The molecule has 1 aliphatic carbocycles. The maximum atomic E-state index is 12.4. The molecule has 1 aliphatic rings. The van der Waals surface area contributed by atoms with E-state index in [2.05, 4.69) is 0 Å². The molecule has 0 atom stereocenters. The first-order chi connectivity index (χ1) is 8.90. The molecule has 0 aromatic heterocycles. The van der Waals surface area contributed by atoms with E-state index >= 15 is 0 Å². The molecule has 0 saturated heterocycles. The Morgan fingerprint density at radius 2 is 1.74 bits per heavy atom. The summed E-state index contributed by atoms with van der Waals surface area (Å²) in [5.41, 5.74) is -0.636. The molecule has 0 aromatic rings. The van der Waals surface area contributed by atoms with Gasteiger partial charge in [0.1, 0.15) is 15.4 Å². The van der Waals surface area contributed by atoms with Crippen molar-refractivity contribution >= 4 is 15.6 Å². The average Bonchev–Trinajstić information content (AvgIpc) is 2.54. The Balaban J connectivity index is 2.61. The maximum absolute atomic E-state index is 12.4. The van der Waals surface area contributed by atoms with Gasteiger partial charge < -0.3 is 4.74 Å². The van der Waals surface area contributed by atoms with Crippen LogP contribution in [-0.4, -0.2) is 38.4 Å². The van der Waals surface area contributed by atoms with Gasteiger partial charge in [-0.3, -0.25) is 4.79 Å². The van der Waals surface area contributed by atoms with Gasteiger partial charge in [0.2, 0.25) is 0 Å². The Kier molecular flexibility index (Phi) is 6.47. The third-order valence-electron chi connectivity index (χ3n) is 3.76. The van der Waals surface area contributed by atoms with E-state index in [9.17, 15) is 13.2 Å². The van der Waals surface area contributed by atoms with E-state index < -0.39 is 15.4 Å². The first-order valence-electron chi connectivity index (χ1n) is 7.24. The average molecular weight is 290 g/mol. The molecule has 4 nitrogen and oxygen atoms in total. The Labute approximate surface area is 116 Å². The molecule has 5 heteroatoms. The number of carbonyl (C=O) groups is 1. The van der Waals surface area contributed by atoms with Gasteiger partial charge in [0.25, 0.3) is 0 Å². The summed E-state index contributed by atoms with van der Waals surface area (Å²) < 4.78 is 28.0. The first-order valence-corrected chi connectivity index (χ1v) is 9.31. The van der Waals surface area contributed by atoms with Crippen molar-refractivity contribution in [3.05, 3.63) is 0 Å². The van der Waals surface area contributed by atoms with Crippen LogP contribution in [-0.2, 0) is 19.4 Å². The summed E-state index contributed by atoms with van der Waals surface area (Å²) in [4.78, 5) is 12.4. The van der Waals surface area contributed by atoms with Gasteiger partial charge in [0, 0.05) is 19.3 Å². The summed E-state index contributed by atoms with van der Waals surface area (Å²) in [6.45, 7) is 2.45. The number of hydrogen-bond acceptors (Lipinski definition) is 4. The van der Waals surface area contributed by atoms with Crippen LogP contribution in [0.3, 0.4) is 0 Å². The first kappa shape index (κ1) is 16.6. The van der Waals surface area contributed by atoms with Crippen LogP contribution in [0.5, 0.6) is 0 Å². The number of ether oxygens (including phenoxy) is 1. The molecule has 0 unspecified atom stereocenters. The third kappa shape index (κ3) is 5.61. The standard InChI is InChI=1S/C14H26O4S/c1-3-18-14(10-6-4-5-7-11-14)13(15)9-8-12-19(2,16)17/h3-12H2,1-2H3. The minimum atomic E-state index is -2.98. The maximum Gasteiger partial charge on any atom is 0.164 e. The highest BCUT2D eigenvalue weighted by Gasteiger charge is 2.38. The van der Waals surface area contributed by atoms with E-state index in [1.807, 2.05) is 6.92 Å². The van der Waals surface area contributed by atoms with E-state index in [0.717, 1.165) is 38.5 Å². The highest BCUT2D eigenvalue weighted by Crippen LogP contribution is 2.32. The van der Waals surface area contributed by atoms with E-state index in [-0.39, 0.29) is 11.5 Å². The Morgan fingerprint density at radius 1 is 1.16 bits per heavy atom. The number of ketones is 1. The Hall–Kier alpha value is -0.420. The van der Waals surface area contributed by atoms with Gasteiger partial charge in [0.15, 0.2) is 5.78 Å². The van der Waals surface area contributed by atoms with Gasteiger partial charge in [-0.1, -0.05) is 25.7 Å². The second-order valence-corrected chi connectivity index (χ2v) is 7.76. The van der Waals surface area contributed by atoms with E-state index in [1.165, 1.54) is 6.26 Å². The predicted octanol–water partition coefficient (Wildman–Crippen LogP) is 2.51. The van der Waals surface area contributed by atoms with Crippen LogP contribution in [0, 0.1) is 0 Å². The van der Waals surface area contributed by atoms with Crippen LogP contribution < -0.4 is 0 Å². The van der Waals surface area contributed by atoms with Gasteiger partial charge in [-0.25, -0.2) is 8.42 Å². The summed E-state index contributed by atoms with van der Waals surface area (Å²) in [7, 11) is -2.98. The fraction of sp³-hybridized carbons (Fsp3) is 0.929. The second-order valence-electron chi connectivity index (χ2n) is 5.50. The zero-order valence-electron chi connectivity index (χ0n) is 12.1. The quantitative estimate of drug-likeness (QED) is 0.676. The largest absolute Gasteiger partial charge is 0.368 e. The number of carbonyl (C=O) groups excluding carboxylic acids is 1. The van der Waals surface area contributed by atoms with Crippen molar-refractivity contribution in [3.8, 4) is 0 Å². The molecule has 0 N–H and O–H groups in total. The molecule has 0 spiro atoms. The topological polar surface area (TPSA) is 60.4 Å². The minimum Gasteiger partial charge on any atom is -0.368 e. The van der Waals surface area contributed by atoms with Gasteiger partial charge in [-0.15, -0.1) is 0 Å². The van der Waals surface area contributed by atoms with Crippen LogP contribution in [0.25, 0.3) is 0 Å². The summed E-state index contributed by atoms with van der Waals surface area (Å²) in [5, 5.41) is 0. The number of Topliss-reactive ketones (excluding diaryl/α,β-unsaturated/α-hetero) is 1.